The Hall–Kier alpha value is -5.57. The van der Waals surface area contributed by atoms with Gasteiger partial charge in [0, 0.05) is 19.2 Å². The normalized spacial score (nSPS) is 12.2. The van der Waals surface area contributed by atoms with E-state index in [1.807, 2.05) is 30.3 Å². The van der Waals surface area contributed by atoms with Crippen LogP contribution < -0.4 is 11.1 Å². The predicted octanol–water partition coefficient (Wildman–Crippen LogP) is 3.89. The number of esters is 1. The number of carbonyl (C=O) groups excluding carboxylic acids is 5. The van der Waals surface area contributed by atoms with E-state index >= 15 is 0 Å². The van der Waals surface area contributed by atoms with Gasteiger partial charge in [0.1, 0.15) is 24.6 Å². The molecule has 4 N–H and O–H groups in total. The average molecular weight is 666 g/mol. The number of alkyl carbamates (subject to hydrolysis) is 1. The number of unbranched alkanes of at least 4 members (excludes halogenated alkanes) is 1. The van der Waals surface area contributed by atoms with Gasteiger partial charge in [-0.3, -0.25) is 4.79 Å². The van der Waals surface area contributed by atoms with Crippen molar-refractivity contribution >= 4 is 36.1 Å². The number of carboxylic acid groups (broad SMARTS) is 1. The van der Waals surface area contributed by atoms with Crippen molar-refractivity contribution in [3.8, 4) is 0 Å². The summed E-state index contributed by atoms with van der Waals surface area (Å²) in [7, 11) is 0. The number of hydrogen-bond acceptors (Lipinski definition) is 11. The van der Waals surface area contributed by atoms with Gasteiger partial charge in [-0.2, -0.15) is 0 Å². The van der Waals surface area contributed by atoms with E-state index in [-0.39, 0.29) is 43.7 Å². The van der Waals surface area contributed by atoms with Crippen molar-refractivity contribution in [3.05, 3.63) is 90.0 Å². The van der Waals surface area contributed by atoms with Gasteiger partial charge in [0.25, 0.3) is 0 Å². The van der Waals surface area contributed by atoms with Gasteiger partial charge in [-0.25, -0.2) is 38.4 Å². The van der Waals surface area contributed by atoms with Gasteiger partial charge in [0.15, 0.2) is 0 Å². The Bertz CT molecular complexity index is 1570. The molecule has 0 radical (unpaired) electrons. The Labute approximate surface area is 277 Å². The largest absolute Gasteiger partial charge is 0.480 e. The molecule has 15 heteroatoms. The molecule has 0 aliphatic rings. The summed E-state index contributed by atoms with van der Waals surface area (Å²) in [5, 5.41) is 12.6. The number of aliphatic carboxylic acids is 1. The first kappa shape index (κ1) is 36.9. The van der Waals surface area contributed by atoms with E-state index in [0.717, 1.165) is 16.5 Å². The van der Waals surface area contributed by atoms with Gasteiger partial charge in [-0.15, -0.1) is 0 Å². The van der Waals surface area contributed by atoms with Crippen molar-refractivity contribution in [2.24, 2.45) is 5.73 Å². The molecule has 256 valence electrons. The van der Waals surface area contributed by atoms with Crippen LogP contribution in [0.5, 0.6) is 0 Å². The lowest BCUT2D eigenvalue weighted by Gasteiger charge is -2.31. The standard InChI is InChI=1S/C33H39N5O10/c1-33(2,3)48-32(45)38(26(28(40)41)16-10-11-17-35-30(43)46-20-22-12-6-4-7-13-22)27(39)25(34)18-24-19-37(21-36-24)31(44)47-29(42)23-14-8-5-9-15-23/h4-9,12-15,19,21,25-26H,10-11,16-18,20,34H2,1-3H3,(H,35,43)(H,40,41)/t25-,26-/m0/s1. The van der Waals surface area contributed by atoms with Crippen LogP contribution in [-0.2, 0) is 36.8 Å². The lowest BCUT2D eigenvalue weighted by Crippen LogP contribution is -2.55. The zero-order valence-electron chi connectivity index (χ0n) is 26.9. The Balaban J connectivity index is 1.61. The number of nitrogens with zero attached hydrogens (tertiary/aromatic N) is 3. The van der Waals surface area contributed by atoms with Crippen LogP contribution in [-0.4, -0.2) is 79.9 Å². The molecular weight excluding hydrogens is 626 g/mol. The number of nitrogens with one attached hydrogen (secondary N) is 1. The fourth-order valence-electron chi connectivity index (χ4n) is 4.30. The fourth-order valence-corrected chi connectivity index (χ4v) is 4.30. The Morgan fingerprint density at radius 2 is 1.62 bits per heavy atom. The Kier molecular flexibility index (Phi) is 13.4. The first-order chi connectivity index (χ1) is 22.7. The molecule has 48 heavy (non-hydrogen) atoms. The molecule has 3 rings (SSSR count). The Morgan fingerprint density at radius 1 is 0.979 bits per heavy atom. The van der Waals surface area contributed by atoms with E-state index in [9.17, 15) is 33.9 Å². The third kappa shape index (κ3) is 11.7. The molecule has 0 saturated carbocycles. The quantitative estimate of drug-likeness (QED) is 0.103. The highest BCUT2D eigenvalue weighted by atomic mass is 16.6. The molecular formula is C33H39N5O10. The highest BCUT2D eigenvalue weighted by Crippen LogP contribution is 2.18. The molecule has 0 fully saturated rings. The number of benzene rings is 2. The minimum atomic E-state index is -1.64. The molecule has 1 aromatic heterocycles. The molecule has 1 heterocycles. The van der Waals surface area contributed by atoms with Gasteiger partial charge in [0.05, 0.1) is 17.3 Å². The second-order valence-corrected chi connectivity index (χ2v) is 11.6. The smallest absolute Gasteiger partial charge is 0.427 e. The van der Waals surface area contributed by atoms with Crippen LogP contribution in [0.25, 0.3) is 0 Å². The molecule has 2 atom stereocenters. The number of rotatable bonds is 13. The summed E-state index contributed by atoms with van der Waals surface area (Å²) in [6.07, 6.45) is -0.602. The monoisotopic (exact) mass is 665 g/mol. The summed E-state index contributed by atoms with van der Waals surface area (Å²) in [4.78, 5) is 80.2. The number of imidazole rings is 1. The molecule has 0 spiro atoms. The van der Waals surface area contributed by atoms with E-state index in [1.54, 1.807) is 39.0 Å². The van der Waals surface area contributed by atoms with E-state index in [0.29, 0.717) is 11.3 Å². The second kappa shape index (κ2) is 17.4. The van der Waals surface area contributed by atoms with Gasteiger partial charge >= 0.3 is 30.2 Å². The molecule has 0 unspecified atom stereocenters. The molecule has 3 aromatic rings. The van der Waals surface area contributed by atoms with Crippen LogP contribution in [0.3, 0.4) is 0 Å². The fraction of sp³-hybridized carbons (Fsp3) is 0.364. The first-order valence-corrected chi connectivity index (χ1v) is 15.1. The molecule has 2 aromatic carbocycles. The third-order valence-electron chi connectivity index (χ3n) is 6.59. The van der Waals surface area contributed by atoms with Crippen molar-refractivity contribution in [2.45, 2.75) is 70.7 Å². The van der Waals surface area contributed by atoms with Gasteiger partial charge < -0.3 is 30.4 Å². The van der Waals surface area contributed by atoms with Gasteiger partial charge in [0.2, 0.25) is 5.91 Å². The predicted molar refractivity (Wildman–Crippen MR) is 170 cm³/mol. The molecule has 0 aliphatic heterocycles. The number of carbonyl (C=O) groups is 6. The summed E-state index contributed by atoms with van der Waals surface area (Å²) >= 11 is 0. The van der Waals surface area contributed by atoms with E-state index in [4.69, 9.17) is 19.9 Å². The maximum Gasteiger partial charge on any atom is 0.427 e. The average Bonchev–Trinajstić information content (AvgIpc) is 3.51. The van der Waals surface area contributed by atoms with Crippen LogP contribution in [0, 0.1) is 0 Å². The number of imide groups is 1. The van der Waals surface area contributed by atoms with Crippen LogP contribution in [0.15, 0.2) is 73.2 Å². The summed E-state index contributed by atoms with van der Waals surface area (Å²) in [5.41, 5.74) is 6.17. The summed E-state index contributed by atoms with van der Waals surface area (Å²) in [5.74, 6) is -3.39. The van der Waals surface area contributed by atoms with Crippen molar-refractivity contribution in [3.63, 3.8) is 0 Å². The van der Waals surface area contributed by atoms with Crippen molar-refractivity contribution in [1.29, 1.82) is 0 Å². The molecule has 0 aliphatic carbocycles. The number of hydrogen-bond donors (Lipinski definition) is 3. The van der Waals surface area contributed by atoms with Gasteiger partial charge in [-0.05, 0) is 57.7 Å². The number of nitrogens with two attached hydrogens (primary N) is 1. The summed E-state index contributed by atoms with van der Waals surface area (Å²) in [6.45, 7) is 4.90. The molecule has 15 nitrogen and oxygen atoms in total. The zero-order chi connectivity index (χ0) is 35.3. The zero-order valence-corrected chi connectivity index (χ0v) is 26.9. The third-order valence-corrected chi connectivity index (χ3v) is 6.59. The number of ether oxygens (including phenoxy) is 3. The minimum absolute atomic E-state index is 0.0826. The molecule has 3 amide bonds. The topological polar surface area (TPSA) is 209 Å². The van der Waals surface area contributed by atoms with Crippen molar-refractivity contribution in [1.82, 2.24) is 19.8 Å². The van der Waals surface area contributed by atoms with Crippen LogP contribution in [0.2, 0.25) is 0 Å². The lowest BCUT2D eigenvalue weighted by molar-refractivity contribution is -0.150. The van der Waals surface area contributed by atoms with E-state index in [2.05, 4.69) is 10.3 Å². The summed E-state index contributed by atoms with van der Waals surface area (Å²) in [6, 6.07) is 13.8. The number of carboxylic acids is 1. The highest BCUT2D eigenvalue weighted by molar-refractivity contribution is 5.99. The maximum atomic E-state index is 13.5. The van der Waals surface area contributed by atoms with Crippen molar-refractivity contribution in [2.75, 3.05) is 6.54 Å². The number of aromatic nitrogens is 2. The van der Waals surface area contributed by atoms with Crippen LogP contribution in [0.4, 0.5) is 14.4 Å². The van der Waals surface area contributed by atoms with Crippen LogP contribution in [0.1, 0.15) is 61.6 Å². The second-order valence-electron chi connectivity index (χ2n) is 11.6. The SMILES string of the molecule is CC(C)(C)OC(=O)N(C(=O)[C@@H](N)Cc1cn(C(=O)OC(=O)c2ccccc2)cn1)[C@@H](CCCCNC(=O)OCc1ccccc1)C(=O)O. The van der Waals surface area contributed by atoms with Crippen molar-refractivity contribution < 1.29 is 48.1 Å². The van der Waals surface area contributed by atoms with Gasteiger partial charge in [-0.1, -0.05) is 48.5 Å². The highest BCUT2D eigenvalue weighted by Gasteiger charge is 2.39. The van der Waals surface area contributed by atoms with Crippen LogP contribution >= 0.6 is 0 Å². The first-order valence-electron chi connectivity index (χ1n) is 15.1. The lowest BCUT2D eigenvalue weighted by atomic mass is 10.1. The minimum Gasteiger partial charge on any atom is -0.480 e. The Morgan fingerprint density at radius 3 is 2.25 bits per heavy atom. The molecule has 0 saturated heterocycles. The number of amides is 3. The summed E-state index contributed by atoms with van der Waals surface area (Å²) < 4.78 is 16.2. The molecule has 0 bridgehead atoms. The van der Waals surface area contributed by atoms with E-state index < -0.39 is 53.8 Å². The maximum absolute atomic E-state index is 13.5. The van der Waals surface area contributed by atoms with E-state index in [1.165, 1.54) is 18.3 Å².